The Morgan fingerprint density at radius 2 is 1.81 bits per heavy atom. The van der Waals surface area contributed by atoms with E-state index in [0.717, 1.165) is 19.7 Å². The lowest BCUT2D eigenvalue weighted by Gasteiger charge is -2.28. The van der Waals surface area contributed by atoms with Gasteiger partial charge in [-0.25, -0.2) is 8.70 Å². The van der Waals surface area contributed by atoms with Gasteiger partial charge in [0.2, 0.25) is 5.91 Å². The van der Waals surface area contributed by atoms with E-state index in [4.69, 9.17) is 0 Å². The van der Waals surface area contributed by atoms with E-state index in [1.165, 1.54) is 38.4 Å². The molecule has 6 nitrogen and oxygen atoms in total. The van der Waals surface area contributed by atoms with E-state index >= 15 is 0 Å². The number of aryl methyl sites for hydroxylation is 2. The summed E-state index contributed by atoms with van der Waals surface area (Å²) in [6, 6.07) is 10.8. The van der Waals surface area contributed by atoms with Gasteiger partial charge in [-0.15, -0.1) is 0 Å². The van der Waals surface area contributed by atoms with Crippen LogP contribution in [0.1, 0.15) is 11.1 Å². The molecule has 8 heteroatoms. The molecule has 0 fully saturated rings. The van der Waals surface area contributed by atoms with Crippen LogP contribution in [-0.4, -0.2) is 39.3 Å². The van der Waals surface area contributed by atoms with Crippen LogP contribution in [0.3, 0.4) is 0 Å². The topological polar surface area (TPSA) is 69.7 Å². The Morgan fingerprint density at radius 3 is 2.42 bits per heavy atom. The van der Waals surface area contributed by atoms with E-state index in [9.17, 15) is 17.6 Å². The third kappa shape index (κ3) is 4.59. The van der Waals surface area contributed by atoms with Crippen molar-refractivity contribution in [2.75, 3.05) is 30.3 Å². The number of carbonyl (C=O) groups excluding carboxylic acids is 1. The molecule has 1 N–H and O–H groups in total. The molecule has 0 atom stereocenters. The minimum atomic E-state index is -3.90. The van der Waals surface area contributed by atoms with Gasteiger partial charge in [0.15, 0.2) is 0 Å². The van der Waals surface area contributed by atoms with Crippen LogP contribution < -0.4 is 9.62 Å². The first-order valence-electron chi connectivity index (χ1n) is 7.94. The van der Waals surface area contributed by atoms with Crippen LogP contribution in [0.5, 0.6) is 0 Å². The van der Waals surface area contributed by atoms with Gasteiger partial charge in [-0.05, 0) is 49.2 Å². The van der Waals surface area contributed by atoms with Crippen LogP contribution in [-0.2, 0) is 15.0 Å². The van der Waals surface area contributed by atoms with Crippen molar-refractivity contribution < 1.29 is 17.6 Å². The van der Waals surface area contributed by atoms with Gasteiger partial charge in [-0.1, -0.05) is 18.2 Å². The second-order valence-corrected chi connectivity index (χ2v) is 8.21. The van der Waals surface area contributed by atoms with Crippen molar-refractivity contribution in [3.63, 3.8) is 0 Å². The molecule has 26 heavy (non-hydrogen) atoms. The second kappa shape index (κ2) is 7.84. The van der Waals surface area contributed by atoms with Gasteiger partial charge in [0.25, 0.3) is 0 Å². The van der Waals surface area contributed by atoms with Crippen molar-refractivity contribution in [1.82, 2.24) is 4.31 Å². The predicted molar refractivity (Wildman–Crippen MR) is 101 cm³/mol. The van der Waals surface area contributed by atoms with Crippen LogP contribution in [0.4, 0.5) is 15.8 Å². The number of nitrogens with zero attached hydrogens (tertiary/aromatic N) is 2. The molecular formula is C18H22FN3O3S. The van der Waals surface area contributed by atoms with Crippen molar-refractivity contribution >= 4 is 27.5 Å². The minimum Gasteiger partial charge on any atom is -0.324 e. The normalized spacial score (nSPS) is 11.5. The minimum absolute atomic E-state index is 0.262. The average Bonchev–Trinajstić information content (AvgIpc) is 2.55. The number of amides is 1. The van der Waals surface area contributed by atoms with E-state index in [2.05, 4.69) is 5.32 Å². The lowest BCUT2D eigenvalue weighted by Crippen LogP contribution is -2.44. The molecule has 1 amide bonds. The summed E-state index contributed by atoms with van der Waals surface area (Å²) in [5.74, 6) is -1.06. The summed E-state index contributed by atoms with van der Waals surface area (Å²) >= 11 is 0. The monoisotopic (exact) mass is 379 g/mol. The number of hydrogen-bond donors (Lipinski definition) is 1. The van der Waals surface area contributed by atoms with Crippen LogP contribution in [0, 0.1) is 19.7 Å². The fraction of sp³-hybridized carbons (Fsp3) is 0.278. The molecule has 140 valence electrons. The first kappa shape index (κ1) is 19.9. The molecular weight excluding hydrogens is 357 g/mol. The molecule has 2 aromatic rings. The SMILES string of the molecule is Cc1ccc(C)c(N(CC(=O)Nc2cccc(F)c2)S(=O)(=O)N(C)C)c1. The molecule has 0 aliphatic carbocycles. The summed E-state index contributed by atoms with van der Waals surface area (Å²) in [6.45, 7) is 3.19. The number of rotatable bonds is 6. The molecule has 0 aromatic heterocycles. The standard InChI is InChI=1S/C18H22FN3O3S/c1-13-8-9-14(2)17(10-13)22(26(24,25)21(3)4)12-18(23)20-16-7-5-6-15(19)11-16/h5-11H,12H2,1-4H3,(H,20,23). The number of hydrogen-bond acceptors (Lipinski definition) is 3. The van der Waals surface area contributed by atoms with Gasteiger partial charge >= 0.3 is 10.2 Å². The molecule has 2 rings (SSSR count). The third-order valence-corrected chi connectivity index (χ3v) is 5.57. The molecule has 0 saturated heterocycles. The molecule has 0 saturated carbocycles. The largest absolute Gasteiger partial charge is 0.324 e. The van der Waals surface area contributed by atoms with E-state index in [1.807, 2.05) is 13.0 Å². The third-order valence-electron chi connectivity index (χ3n) is 3.77. The number of benzene rings is 2. The van der Waals surface area contributed by atoms with Crippen molar-refractivity contribution in [1.29, 1.82) is 0 Å². The summed E-state index contributed by atoms with van der Waals surface area (Å²) in [6.07, 6.45) is 0. The molecule has 0 aliphatic heterocycles. The molecule has 0 spiro atoms. The van der Waals surface area contributed by atoms with Crippen LogP contribution >= 0.6 is 0 Å². The summed E-state index contributed by atoms with van der Waals surface area (Å²) in [4.78, 5) is 12.4. The zero-order chi connectivity index (χ0) is 19.5. The van der Waals surface area contributed by atoms with Gasteiger partial charge < -0.3 is 5.32 Å². The summed E-state index contributed by atoms with van der Waals surface area (Å²) < 4.78 is 40.9. The van der Waals surface area contributed by atoms with Crippen LogP contribution in [0.2, 0.25) is 0 Å². The highest BCUT2D eigenvalue weighted by atomic mass is 32.2. The summed E-state index contributed by atoms with van der Waals surface area (Å²) in [7, 11) is -1.09. The Hall–Kier alpha value is -2.45. The average molecular weight is 379 g/mol. The fourth-order valence-electron chi connectivity index (χ4n) is 2.37. The van der Waals surface area contributed by atoms with E-state index in [0.29, 0.717) is 5.69 Å². The van der Waals surface area contributed by atoms with Gasteiger partial charge in [-0.3, -0.25) is 4.79 Å². The summed E-state index contributed by atoms with van der Waals surface area (Å²) in [5, 5.41) is 2.52. The molecule has 0 heterocycles. The van der Waals surface area contributed by atoms with E-state index < -0.39 is 28.5 Å². The molecule has 0 unspecified atom stereocenters. The maximum Gasteiger partial charge on any atom is 0.304 e. The first-order valence-corrected chi connectivity index (χ1v) is 9.34. The van der Waals surface area contributed by atoms with Gasteiger partial charge in [0, 0.05) is 19.8 Å². The zero-order valence-corrected chi connectivity index (χ0v) is 16.0. The second-order valence-electron chi connectivity index (χ2n) is 6.15. The molecule has 2 aromatic carbocycles. The van der Waals surface area contributed by atoms with Crippen molar-refractivity contribution in [2.24, 2.45) is 0 Å². The highest BCUT2D eigenvalue weighted by Crippen LogP contribution is 2.25. The Balaban J connectivity index is 2.36. The van der Waals surface area contributed by atoms with Crippen molar-refractivity contribution in [3.05, 3.63) is 59.4 Å². The number of anilines is 2. The van der Waals surface area contributed by atoms with Gasteiger partial charge in [-0.2, -0.15) is 12.7 Å². The number of nitrogens with one attached hydrogen (secondary N) is 1. The molecule has 0 bridgehead atoms. The number of halogens is 1. The number of carbonyl (C=O) groups is 1. The van der Waals surface area contributed by atoms with Crippen molar-refractivity contribution in [3.8, 4) is 0 Å². The molecule has 0 radical (unpaired) electrons. The highest BCUT2D eigenvalue weighted by Gasteiger charge is 2.28. The zero-order valence-electron chi connectivity index (χ0n) is 15.2. The summed E-state index contributed by atoms with van der Waals surface area (Å²) in [5.41, 5.74) is 2.28. The predicted octanol–water partition coefficient (Wildman–Crippen LogP) is 2.69. The molecule has 0 aliphatic rings. The first-order chi connectivity index (χ1) is 12.1. The Kier molecular flexibility index (Phi) is 5.99. The van der Waals surface area contributed by atoms with Crippen molar-refractivity contribution in [2.45, 2.75) is 13.8 Å². The maximum absolute atomic E-state index is 13.3. The maximum atomic E-state index is 13.3. The van der Waals surface area contributed by atoms with Crippen LogP contribution in [0.25, 0.3) is 0 Å². The Morgan fingerprint density at radius 1 is 1.12 bits per heavy atom. The lowest BCUT2D eigenvalue weighted by atomic mass is 10.1. The van der Waals surface area contributed by atoms with E-state index in [1.54, 1.807) is 19.1 Å². The van der Waals surface area contributed by atoms with E-state index in [-0.39, 0.29) is 5.69 Å². The van der Waals surface area contributed by atoms with Crippen LogP contribution in [0.15, 0.2) is 42.5 Å². The smallest absolute Gasteiger partial charge is 0.304 e. The van der Waals surface area contributed by atoms with Gasteiger partial charge in [0.1, 0.15) is 12.4 Å². The fourth-order valence-corrected chi connectivity index (χ4v) is 3.49. The Labute approximate surface area is 153 Å². The lowest BCUT2D eigenvalue weighted by molar-refractivity contribution is -0.114. The quantitative estimate of drug-likeness (QED) is 0.839. The highest BCUT2D eigenvalue weighted by molar-refractivity contribution is 7.90. The Bertz CT molecular complexity index is 914. The van der Waals surface area contributed by atoms with Gasteiger partial charge in [0.05, 0.1) is 5.69 Å².